The van der Waals surface area contributed by atoms with Crippen molar-refractivity contribution < 1.29 is 27.1 Å². The molecule has 0 N–H and O–H groups in total. The molecule has 0 aromatic heterocycles. The van der Waals surface area contributed by atoms with Gasteiger partial charge < -0.3 is 9.47 Å². The van der Waals surface area contributed by atoms with Gasteiger partial charge in [0, 0.05) is 6.26 Å². The van der Waals surface area contributed by atoms with Crippen molar-refractivity contribution in [3.63, 3.8) is 0 Å². The highest BCUT2D eigenvalue weighted by atomic mass is 32.2. The summed E-state index contributed by atoms with van der Waals surface area (Å²) in [6.07, 6.45) is 8.57. The van der Waals surface area contributed by atoms with E-state index in [-0.39, 0.29) is 29.0 Å². The fraction of sp³-hybridized carbons (Fsp3) is 0.741. The van der Waals surface area contributed by atoms with Crippen molar-refractivity contribution in [2.75, 3.05) is 12.9 Å². The van der Waals surface area contributed by atoms with Crippen LogP contribution in [0.4, 0.5) is 4.39 Å². The predicted molar refractivity (Wildman–Crippen MR) is 130 cm³/mol. The molecule has 34 heavy (non-hydrogen) atoms. The van der Waals surface area contributed by atoms with Crippen molar-refractivity contribution in [3.05, 3.63) is 29.6 Å². The maximum absolute atomic E-state index is 14.1. The molecule has 0 bridgehead atoms. The molecule has 5 unspecified atom stereocenters. The molecule has 1 aromatic carbocycles. The van der Waals surface area contributed by atoms with Crippen LogP contribution in [-0.4, -0.2) is 32.9 Å². The van der Waals surface area contributed by atoms with E-state index in [2.05, 4.69) is 13.8 Å². The molecule has 1 aromatic rings. The summed E-state index contributed by atoms with van der Waals surface area (Å²) in [4.78, 5) is 12.2. The second-order valence-electron chi connectivity index (χ2n) is 11.0. The van der Waals surface area contributed by atoms with Gasteiger partial charge in [-0.3, -0.25) is 4.79 Å². The normalized spacial score (nSPS) is 23.7. The minimum absolute atomic E-state index is 0.0572. The number of carbonyl (C=O) groups excluding carboxylic acids is 1. The molecule has 7 heteroatoms. The average molecular weight is 497 g/mol. The molecule has 0 spiro atoms. The van der Waals surface area contributed by atoms with Crippen molar-refractivity contribution in [1.82, 2.24) is 0 Å². The zero-order chi connectivity index (χ0) is 25.1. The summed E-state index contributed by atoms with van der Waals surface area (Å²) >= 11 is 0. The second kappa shape index (κ2) is 11.1. The van der Waals surface area contributed by atoms with Crippen LogP contribution >= 0.6 is 0 Å². The topological polar surface area (TPSA) is 69.7 Å². The maximum Gasteiger partial charge on any atom is 0.309 e. The van der Waals surface area contributed by atoms with Gasteiger partial charge in [-0.15, -0.1) is 0 Å². The Hall–Kier alpha value is -1.47. The second-order valence-corrected chi connectivity index (χ2v) is 13.0. The Kier molecular flexibility index (Phi) is 8.83. The first kappa shape index (κ1) is 27.1. The zero-order valence-corrected chi connectivity index (χ0v) is 22.1. The van der Waals surface area contributed by atoms with Crippen LogP contribution < -0.4 is 0 Å². The van der Waals surface area contributed by atoms with Gasteiger partial charge in [0.1, 0.15) is 16.3 Å². The number of sulfone groups is 1. The molecular formula is C27H41FO5S. The number of hydrogen-bond acceptors (Lipinski definition) is 5. The van der Waals surface area contributed by atoms with Gasteiger partial charge in [-0.25, -0.2) is 12.8 Å². The molecule has 5 nitrogen and oxygen atoms in total. The van der Waals surface area contributed by atoms with Crippen molar-refractivity contribution >= 4 is 15.8 Å². The van der Waals surface area contributed by atoms with Crippen LogP contribution in [0.5, 0.6) is 0 Å². The zero-order valence-electron chi connectivity index (χ0n) is 21.3. The van der Waals surface area contributed by atoms with Crippen molar-refractivity contribution in [1.29, 1.82) is 0 Å². The van der Waals surface area contributed by atoms with E-state index < -0.39 is 15.7 Å². The minimum Gasteiger partial charge on any atom is -0.459 e. The molecule has 0 radical (unpaired) electrons. The lowest BCUT2D eigenvalue weighted by atomic mass is 9.84. The summed E-state index contributed by atoms with van der Waals surface area (Å²) in [5.74, 6) is 1.23. The van der Waals surface area contributed by atoms with E-state index in [0.717, 1.165) is 44.8 Å². The predicted octanol–water partition coefficient (Wildman–Crippen LogP) is 5.95. The quantitative estimate of drug-likeness (QED) is 0.298. The summed E-state index contributed by atoms with van der Waals surface area (Å²) in [5.41, 5.74) is 0.431. The summed E-state index contributed by atoms with van der Waals surface area (Å²) in [5, 5.41) is 0. The van der Waals surface area contributed by atoms with Crippen LogP contribution in [0.1, 0.15) is 78.2 Å². The van der Waals surface area contributed by atoms with Gasteiger partial charge in [-0.1, -0.05) is 39.7 Å². The van der Waals surface area contributed by atoms with Gasteiger partial charge in [-0.2, -0.15) is 0 Å². The Morgan fingerprint density at radius 2 is 1.91 bits per heavy atom. The fourth-order valence-electron chi connectivity index (χ4n) is 4.82. The SMILES string of the molecule is CCCC(CCC(C)C(C)C(=O)OC1(C)CC1)C1CC1COCc1ccc(S(C)(=O)=O)c(F)c1. The summed E-state index contributed by atoms with van der Waals surface area (Å²) < 4.78 is 48.7. The summed E-state index contributed by atoms with van der Waals surface area (Å²) in [6.45, 7) is 9.29. The Balaban J connectivity index is 1.41. The van der Waals surface area contributed by atoms with Gasteiger partial charge >= 0.3 is 5.97 Å². The molecule has 2 saturated carbocycles. The fourth-order valence-corrected chi connectivity index (χ4v) is 5.55. The molecule has 0 saturated heterocycles. The number of rotatable bonds is 14. The third kappa shape index (κ3) is 7.51. The molecule has 0 heterocycles. The lowest BCUT2D eigenvalue weighted by Crippen LogP contribution is -2.26. The van der Waals surface area contributed by atoms with E-state index in [9.17, 15) is 17.6 Å². The molecule has 2 fully saturated rings. The highest BCUT2D eigenvalue weighted by Gasteiger charge is 2.44. The Labute approximate surface area is 204 Å². The molecule has 0 aliphatic heterocycles. The number of benzene rings is 1. The van der Waals surface area contributed by atoms with Gasteiger partial charge in [0.25, 0.3) is 0 Å². The minimum atomic E-state index is -3.57. The third-order valence-electron chi connectivity index (χ3n) is 7.76. The van der Waals surface area contributed by atoms with E-state index in [1.807, 2.05) is 13.8 Å². The van der Waals surface area contributed by atoms with Crippen LogP contribution in [0.25, 0.3) is 0 Å². The molecule has 2 aliphatic carbocycles. The lowest BCUT2D eigenvalue weighted by molar-refractivity contribution is -0.156. The van der Waals surface area contributed by atoms with E-state index in [1.165, 1.54) is 18.6 Å². The van der Waals surface area contributed by atoms with Crippen molar-refractivity contribution in [3.8, 4) is 0 Å². The smallest absolute Gasteiger partial charge is 0.309 e. The summed E-state index contributed by atoms with van der Waals surface area (Å²) in [6, 6.07) is 4.17. The molecule has 192 valence electrons. The standard InChI is InChI=1S/C27H41FO5S/c1-6-7-21(10-8-18(2)19(3)26(29)33-27(4)12-13-27)23-15-22(23)17-32-16-20-9-11-25(24(28)14-20)34(5,30)31/h9,11,14,18-19,21-23H,6-8,10,12-13,15-17H2,1-5H3. The number of ether oxygens (including phenoxy) is 2. The van der Waals surface area contributed by atoms with Crippen LogP contribution in [0.3, 0.4) is 0 Å². The van der Waals surface area contributed by atoms with E-state index in [1.54, 1.807) is 6.07 Å². The first-order chi connectivity index (χ1) is 15.9. The Morgan fingerprint density at radius 3 is 2.50 bits per heavy atom. The van der Waals surface area contributed by atoms with E-state index in [4.69, 9.17) is 9.47 Å². The van der Waals surface area contributed by atoms with Crippen LogP contribution in [0, 0.1) is 35.4 Å². The van der Waals surface area contributed by atoms with Crippen LogP contribution in [0.15, 0.2) is 23.1 Å². The van der Waals surface area contributed by atoms with Gasteiger partial charge in [0.2, 0.25) is 0 Å². The summed E-state index contributed by atoms with van der Waals surface area (Å²) in [7, 11) is -3.57. The average Bonchev–Trinajstić information content (AvgIpc) is 3.67. The molecule has 5 atom stereocenters. The van der Waals surface area contributed by atoms with Gasteiger partial charge in [0.05, 0.1) is 19.1 Å². The maximum atomic E-state index is 14.1. The molecule has 0 amide bonds. The number of hydrogen-bond donors (Lipinski definition) is 0. The van der Waals surface area contributed by atoms with Gasteiger partial charge in [-0.05, 0) is 80.4 Å². The molecule has 2 aliphatic rings. The first-order valence-electron chi connectivity index (χ1n) is 12.7. The highest BCUT2D eigenvalue weighted by Crippen LogP contribution is 2.48. The van der Waals surface area contributed by atoms with Crippen molar-refractivity contribution in [2.45, 2.75) is 89.7 Å². The van der Waals surface area contributed by atoms with Crippen LogP contribution in [-0.2, 0) is 30.7 Å². The van der Waals surface area contributed by atoms with Crippen LogP contribution in [0.2, 0.25) is 0 Å². The molecular weight excluding hydrogens is 455 g/mol. The number of carbonyl (C=O) groups is 1. The first-order valence-corrected chi connectivity index (χ1v) is 14.6. The van der Waals surface area contributed by atoms with Gasteiger partial charge in [0.15, 0.2) is 9.84 Å². The Morgan fingerprint density at radius 1 is 1.21 bits per heavy atom. The van der Waals surface area contributed by atoms with Crippen molar-refractivity contribution in [2.24, 2.45) is 29.6 Å². The largest absolute Gasteiger partial charge is 0.459 e. The highest BCUT2D eigenvalue weighted by molar-refractivity contribution is 7.90. The third-order valence-corrected chi connectivity index (χ3v) is 8.89. The van der Waals surface area contributed by atoms with E-state index in [0.29, 0.717) is 35.8 Å². The Bertz CT molecular complexity index is 956. The molecule has 3 rings (SSSR count). The number of esters is 1. The monoisotopic (exact) mass is 496 g/mol. The van der Waals surface area contributed by atoms with E-state index >= 15 is 0 Å². The number of halogens is 1. The lowest BCUT2D eigenvalue weighted by Gasteiger charge is -2.23.